The Morgan fingerprint density at radius 2 is 1.74 bits per heavy atom. The fourth-order valence-electron chi connectivity index (χ4n) is 9.11. The summed E-state index contributed by atoms with van der Waals surface area (Å²) >= 11 is 0. The van der Waals surface area contributed by atoms with Gasteiger partial charge in [-0.3, -0.25) is 0 Å². The molecule has 1 heteroatoms. The summed E-state index contributed by atoms with van der Waals surface area (Å²) in [5, 5.41) is 10.5. The van der Waals surface area contributed by atoms with Gasteiger partial charge in [-0.15, -0.1) is 0 Å². The van der Waals surface area contributed by atoms with Crippen LogP contribution >= 0.6 is 0 Å². The van der Waals surface area contributed by atoms with Gasteiger partial charge in [0, 0.05) is 0 Å². The largest absolute Gasteiger partial charge is 0.393 e. The Morgan fingerprint density at radius 1 is 1.00 bits per heavy atom. The summed E-state index contributed by atoms with van der Waals surface area (Å²) < 4.78 is 0. The first-order chi connectivity index (χ1) is 14.6. The second-order valence-electron chi connectivity index (χ2n) is 12.8. The molecule has 3 saturated carbocycles. The summed E-state index contributed by atoms with van der Waals surface area (Å²) in [4.78, 5) is 0. The van der Waals surface area contributed by atoms with Crippen molar-refractivity contribution in [2.75, 3.05) is 0 Å². The smallest absolute Gasteiger partial charge is 0.0568 e. The van der Waals surface area contributed by atoms with Crippen LogP contribution in [0.5, 0.6) is 0 Å². The van der Waals surface area contributed by atoms with Gasteiger partial charge in [0.1, 0.15) is 0 Å². The molecule has 0 saturated heterocycles. The maximum atomic E-state index is 10.5. The lowest BCUT2D eigenvalue weighted by Gasteiger charge is -2.58. The van der Waals surface area contributed by atoms with Crippen molar-refractivity contribution in [2.24, 2.45) is 52.3 Å². The summed E-state index contributed by atoms with van der Waals surface area (Å²) in [6, 6.07) is 0. The van der Waals surface area contributed by atoms with Crippen molar-refractivity contribution < 1.29 is 5.11 Å². The molecular weight excluding hydrogens is 376 g/mol. The minimum Gasteiger partial charge on any atom is -0.393 e. The van der Waals surface area contributed by atoms with Crippen LogP contribution < -0.4 is 0 Å². The molecule has 0 aliphatic heterocycles. The Bertz CT molecular complexity index is 716. The van der Waals surface area contributed by atoms with E-state index in [1.54, 1.807) is 0 Å². The van der Waals surface area contributed by atoms with E-state index in [1.807, 2.05) is 11.1 Å². The molecule has 1 nitrogen and oxygen atoms in total. The number of hydrogen-bond donors (Lipinski definition) is 1. The number of allylic oxidation sites excluding steroid dienone is 4. The molecule has 31 heavy (non-hydrogen) atoms. The van der Waals surface area contributed by atoms with Crippen LogP contribution in [0.1, 0.15) is 106 Å². The average Bonchev–Trinajstić information content (AvgIpc) is 3.08. The highest BCUT2D eigenvalue weighted by atomic mass is 16.3. The normalized spacial score (nSPS) is 44.9. The minimum absolute atomic E-state index is 0.0672. The second-order valence-corrected chi connectivity index (χ2v) is 12.8. The first-order valence-electron chi connectivity index (χ1n) is 13.7. The number of rotatable bonds is 5. The van der Waals surface area contributed by atoms with Crippen molar-refractivity contribution >= 4 is 0 Å². The number of fused-ring (bicyclic) bond motifs is 4. The second kappa shape index (κ2) is 8.66. The third kappa shape index (κ3) is 3.79. The standard InChI is InChI=1S/C30H50O/c1-8-22(19(2)3)10-9-20(4)24-13-14-26-23-11-12-25-21(5)28(31)16-18-30(25,7)27(23)15-17-29(24,26)6/h9-10,19-22,24-25,27-28,31H,8,11-18H2,1-7H3/b10-9+/t20-,21+,22?,24-,25+,27+,28+,29-,30+/m1/s1. The van der Waals surface area contributed by atoms with E-state index >= 15 is 0 Å². The summed E-state index contributed by atoms with van der Waals surface area (Å²) in [6.07, 6.45) is 16.7. The van der Waals surface area contributed by atoms with Gasteiger partial charge in [-0.25, -0.2) is 0 Å². The summed E-state index contributed by atoms with van der Waals surface area (Å²) in [5.74, 6) is 4.96. The Morgan fingerprint density at radius 3 is 2.42 bits per heavy atom. The molecule has 0 aromatic rings. The highest BCUT2D eigenvalue weighted by Gasteiger charge is 2.56. The van der Waals surface area contributed by atoms with Crippen LogP contribution in [0.2, 0.25) is 0 Å². The third-order valence-corrected chi connectivity index (χ3v) is 11.2. The van der Waals surface area contributed by atoms with Crippen molar-refractivity contribution in [1.29, 1.82) is 0 Å². The Balaban J connectivity index is 1.58. The van der Waals surface area contributed by atoms with E-state index in [2.05, 4.69) is 60.6 Å². The lowest BCUT2D eigenvalue weighted by atomic mass is 9.47. The fourth-order valence-corrected chi connectivity index (χ4v) is 9.11. The van der Waals surface area contributed by atoms with Crippen LogP contribution in [-0.4, -0.2) is 11.2 Å². The molecule has 1 N–H and O–H groups in total. The van der Waals surface area contributed by atoms with E-state index in [-0.39, 0.29) is 6.10 Å². The van der Waals surface area contributed by atoms with Crippen molar-refractivity contribution in [1.82, 2.24) is 0 Å². The molecule has 0 bridgehead atoms. The predicted octanol–water partition coefficient (Wildman–Crippen LogP) is 8.19. The lowest BCUT2D eigenvalue weighted by Crippen LogP contribution is -2.51. The quantitative estimate of drug-likeness (QED) is 0.439. The van der Waals surface area contributed by atoms with Crippen LogP contribution in [0.15, 0.2) is 23.3 Å². The van der Waals surface area contributed by atoms with Gasteiger partial charge in [-0.1, -0.05) is 71.8 Å². The Labute approximate surface area is 193 Å². The molecule has 1 unspecified atom stereocenters. The van der Waals surface area contributed by atoms with E-state index < -0.39 is 0 Å². The molecule has 9 atom stereocenters. The molecule has 0 aromatic heterocycles. The molecule has 0 amide bonds. The van der Waals surface area contributed by atoms with Gasteiger partial charge in [0.2, 0.25) is 0 Å². The molecule has 0 aromatic carbocycles. The monoisotopic (exact) mass is 426 g/mol. The summed E-state index contributed by atoms with van der Waals surface area (Å²) in [7, 11) is 0. The lowest BCUT2D eigenvalue weighted by molar-refractivity contribution is -0.0777. The van der Waals surface area contributed by atoms with E-state index in [9.17, 15) is 5.11 Å². The SMILES string of the molecule is CCC(/C=C/[C@@H](C)[C@H]1CCC2=C3CC[C@H]4[C@H](C)[C@@H](O)CC[C@]4(C)[C@H]3CC[C@@]21C)C(C)C. The van der Waals surface area contributed by atoms with E-state index in [0.29, 0.717) is 22.7 Å². The van der Waals surface area contributed by atoms with Crippen LogP contribution in [0.25, 0.3) is 0 Å². The van der Waals surface area contributed by atoms with Crippen LogP contribution in [0.3, 0.4) is 0 Å². The zero-order chi connectivity index (χ0) is 22.6. The highest BCUT2D eigenvalue weighted by Crippen LogP contribution is 2.66. The van der Waals surface area contributed by atoms with Gasteiger partial charge in [-0.2, -0.15) is 0 Å². The molecule has 0 spiro atoms. The van der Waals surface area contributed by atoms with E-state index in [4.69, 9.17) is 0 Å². The molecule has 4 aliphatic carbocycles. The first kappa shape index (κ1) is 23.6. The zero-order valence-corrected chi connectivity index (χ0v) is 21.6. The number of aliphatic hydroxyl groups is 1. The summed E-state index contributed by atoms with van der Waals surface area (Å²) in [6.45, 7) is 17.1. The van der Waals surface area contributed by atoms with Crippen molar-refractivity contribution in [3.05, 3.63) is 23.3 Å². The molecular formula is C30H50O. The van der Waals surface area contributed by atoms with Crippen LogP contribution in [0.4, 0.5) is 0 Å². The van der Waals surface area contributed by atoms with Gasteiger partial charge >= 0.3 is 0 Å². The molecule has 4 rings (SSSR count). The molecule has 176 valence electrons. The van der Waals surface area contributed by atoms with Crippen LogP contribution in [0, 0.1) is 52.3 Å². The fraction of sp³-hybridized carbons (Fsp3) is 0.867. The van der Waals surface area contributed by atoms with Gasteiger partial charge in [0.15, 0.2) is 0 Å². The van der Waals surface area contributed by atoms with Gasteiger partial charge in [-0.05, 0) is 110 Å². The molecule has 3 fully saturated rings. The van der Waals surface area contributed by atoms with Crippen LogP contribution in [-0.2, 0) is 0 Å². The molecule has 0 radical (unpaired) electrons. The topological polar surface area (TPSA) is 20.2 Å². The first-order valence-corrected chi connectivity index (χ1v) is 13.7. The van der Waals surface area contributed by atoms with Gasteiger partial charge in [0.25, 0.3) is 0 Å². The summed E-state index contributed by atoms with van der Waals surface area (Å²) in [5.41, 5.74) is 4.64. The zero-order valence-electron chi connectivity index (χ0n) is 21.6. The molecule has 0 heterocycles. The number of aliphatic hydroxyl groups excluding tert-OH is 1. The van der Waals surface area contributed by atoms with E-state index in [1.165, 1.54) is 51.4 Å². The Kier molecular flexibility index (Phi) is 6.59. The van der Waals surface area contributed by atoms with Gasteiger partial charge in [0.05, 0.1) is 6.10 Å². The molecule has 4 aliphatic rings. The Hall–Kier alpha value is -0.560. The van der Waals surface area contributed by atoms with Crippen molar-refractivity contribution in [2.45, 2.75) is 112 Å². The van der Waals surface area contributed by atoms with Crippen molar-refractivity contribution in [3.63, 3.8) is 0 Å². The highest BCUT2D eigenvalue weighted by molar-refractivity contribution is 5.35. The average molecular weight is 427 g/mol. The third-order valence-electron chi connectivity index (χ3n) is 11.2. The predicted molar refractivity (Wildman–Crippen MR) is 133 cm³/mol. The number of hydrogen-bond acceptors (Lipinski definition) is 1. The minimum atomic E-state index is -0.0672. The maximum absolute atomic E-state index is 10.5. The van der Waals surface area contributed by atoms with E-state index in [0.717, 1.165) is 36.0 Å². The maximum Gasteiger partial charge on any atom is 0.0568 e. The van der Waals surface area contributed by atoms with Gasteiger partial charge < -0.3 is 5.11 Å². The van der Waals surface area contributed by atoms with Crippen molar-refractivity contribution in [3.8, 4) is 0 Å².